The van der Waals surface area contributed by atoms with Crippen molar-refractivity contribution in [3.8, 4) is 0 Å². The first kappa shape index (κ1) is 8.31. The molecular weight excluding hydrogens is 164 g/mol. The lowest BCUT2D eigenvalue weighted by atomic mass is 10.1. The van der Waals surface area contributed by atoms with E-state index < -0.39 is 0 Å². The molecule has 12 heavy (non-hydrogen) atoms. The summed E-state index contributed by atoms with van der Waals surface area (Å²) in [5.41, 5.74) is 0. The summed E-state index contributed by atoms with van der Waals surface area (Å²) in [5, 5.41) is 0. The Hall–Kier alpha value is -0.300. The second-order valence-electron chi connectivity index (χ2n) is 3.64. The third-order valence-electron chi connectivity index (χ3n) is 2.79. The molecule has 1 saturated carbocycles. The van der Waals surface area contributed by atoms with Crippen LogP contribution in [0.25, 0.3) is 0 Å². The van der Waals surface area contributed by atoms with Crippen LogP contribution < -0.4 is 0 Å². The molecule has 1 aliphatic rings. The number of hydrogen-bond acceptors (Lipinski definition) is 1. The Balaban J connectivity index is 2.11. The molecule has 1 heteroatoms. The van der Waals surface area contributed by atoms with Gasteiger partial charge in [0.25, 0.3) is 0 Å². The molecule has 0 N–H and O–H groups in total. The smallest absolute Gasteiger partial charge is 0.00791 e. The fourth-order valence-corrected chi connectivity index (χ4v) is 3.14. The van der Waals surface area contributed by atoms with Crippen LogP contribution in [0.1, 0.15) is 48.3 Å². The van der Waals surface area contributed by atoms with Gasteiger partial charge in [-0.3, -0.25) is 0 Å². The average molecular weight is 180 g/mol. The monoisotopic (exact) mass is 180 g/mol. The molecule has 0 unspecified atom stereocenters. The van der Waals surface area contributed by atoms with Crippen molar-refractivity contribution in [3.05, 3.63) is 21.9 Å². The van der Waals surface area contributed by atoms with Crippen molar-refractivity contribution in [3.63, 3.8) is 0 Å². The van der Waals surface area contributed by atoms with Crippen LogP contribution in [0.5, 0.6) is 0 Å². The Kier molecular flexibility index (Phi) is 2.50. The minimum absolute atomic E-state index is 0.912. The van der Waals surface area contributed by atoms with Gasteiger partial charge >= 0.3 is 0 Å². The summed E-state index contributed by atoms with van der Waals surface area (Å²) in [4.78, 5) is 3.20. The number of rotatable bonds is 2. The highest BCUT2D eigenvalue weighted by Crippen LogP contribution is 2.37. The Labute approximate surface area is 78.6 Å². The highest BCUT2D eigenvalue weighted by molar-refractivity contribution is 7.12. The Bertz CT molecular complexity index is 243. The summed E-state index contributed by atoms with van der Waals surface area (Å²) in [6.45, 7) is 2.24. The Morgan fingerprint density at radius 3 is 2.67 bits per heavy atom. The van der Waals surface area contributed by atoms with Crippen molar-refractivity contribution in [2.45, 2.75) is 44.9 Å². The largest absolute Gasteiger partial charge is 0.145 e. The molecule has 0 nitrogen and oxygen atoms in total. The van der Waals surface area contributed by atoms with Gasteiger partial charge in [0, 0.05) is 9.75 Å². The highest BCUT2D eigenvalue weighted by atomic mass is 32.1. The molecular formula is C11H16S. The minimum atomic E-state index is 0.912. The van der Waals surface area contributed by atoms with Gasteiger partial charge in [0.1, 0.15) is 0 Å². The van der Waals surface area contributed by atoms with Crippen LogP contribution in [-0.4, -0.2) is 0 Å². The summed E-state index contributed by atoms with van der Waals surface area (Å²) >= 11 is 2.03. The molecule has 66 valence electrons. The summed E-state index contributed by atoms with van der Waals surface area (Å²) in [6, 6.07) is 4.65. The van der Waals surface area contributed by atoms with Crippen molar-refractivity contribution in [1.82, 2.24) is 0 Å². The van der Waals surface area contributed by atoms with E-state index in [9.17, 15) is 0 Å². The maximum Gasteiger partial charge on any atom is 0.00791 e. The average Bonchev–Trinajstić information content (AvgIpc) is 2.75. The van der Waals surface area contributed by atoms with Gasteiger partial charge in [0.2, 0.25) is 0 Å². The number of aryl methyl sites for hydroxylation is 1. The summed E-state index contributed by atoms with van der Waals surface area (Å²) in [6.07, 6.45) is 6.97. The van der Waals surface area contributed by atoms with E-state index in [0.29, 0.717) is 0 Å². The molecule has 0 spiro atoms. The quantitative estimate of drug-likeness (QED) is 0.646. The van der Waals surface area contributed by atoms with Gasteiger partial charge in [0.05, 0.1) is 0 Å². The molecule has 0 bridgehead atoms. The fourth-order valence-electron chi connectivity index (χ4n) is 2.01. The van der Waals surface area contributed by atoms with Crippen molar-refractivity contribution in [2.75, 3.05) is 0 Å². The first-order chi connectivity index (χ1) is 5.90. The van der Waals surface area contributed by atoms with Gasteiger partial charge in [-0.2, -0.15) is 0 Å². The lowest BCUT2D eigenvalue weighted by Gasteiger charge is -2.03. The van der Waals surface area contributed by atoms with E-state index in [2.05, 4.69) is 19.1 Å². The van der Waals surface area contributed by atoms with Crippen LogP contribution in [0.3, 0.4) is 0 Å². The predicted octanol–water partition coefficient (Wildman–Crippen LogP) is 3.97. The van der Waals surface area contributed by atoms with E-state index in [0.717, 1.165) is 5.92 Å². The van der Waals surface area contributed by atoms with Gasteiger partial charge < -0.3 is 0 Å². The summed E-state index contributed by atoms with van der Waals surface area (Å²) in [5.74, 6) is 0.912. The standard InChI is InChI=1S/C11H16S/c1-2-10-7-8-11(12-10)9-5-3-4-6-9/h7-9H,2-6H2,1H3. The molecule has 0 radical (unpaired) electrons. The summed E-state index contributed by atoms with van der Waals surface area (Å²) < 4.78 is 0. The van der Waals surface area contributed by atoms with Crippen LogP contribution >= 0.6 is 11.3 Å². The molecule has 0 atom stereocenters. The third kappa shape index (κ3) is 1.56. The maximum atomic E-state index is 2.35. The van der Waals surface area contributed by atoms with Gasteiger partial charge in [-0.25, -0.2) is 0 Å². The molecule has 1 heterocycles. The van der Waals surface area contributed by atoms with Gasteiger partial charge in [-0.15, -0.1) is 11.3 Å². The topological polar surface area (TPSA) is 0 Å². The lowest BCUT2D eigenvalue weighted by molar-refractivity contribution is 0.738. The zero-order valence-corrected chi connectivity index (χ0v) is 8.49. The van der Waals surface area contributed by atoms with Gasteiger partial charge in [-0.05, 0) is 37.3 Å². The van der Waals surface area contributed by atoms with Crippen LogP contribution in [0, 0.1) is 0 Å². The summed E-state index contributed by atoms with van der Waals surface area (Å²) in [7, 11) is 0. The molecule has 0 aliphatic heterocycles. The maximum absolute atomic E-state index is 2.35. The zero-order chi connectivity index (χ0) is 8.39. The Morgan fingerprint density at radius 2 is 2.08 bits per heavy atom. The van der Waals surface area contributed by atoms with E-state index in [1.165, 1.54) is 32.1 Å². The van der Waals surface area contributed by atoms with Crippen LogP contribution in [0.4, 0.5) is 0 Å². The van der Waals surface area contributed by atoms with E-state index in [1.807, 2.05) is 11.3 Å². The van der Waals surface area contributed by atoms with Crippen LogP contribution in [0.15, 0.2) is 12.1 Å². The normalized spacial score (nSPS) is 18.8. The molecule has 1 aromatic heterocycles. The highest BCUT2D eigenvalue weighted by Gasteiger charge is 2.18. The second kappa shape index (κ2) is 3.61. The Morgan fingerprint density at radius 1 is 1.33 bits per heavy atom. The van der Waals surface area contributed by atoms with Crippen molar-refractivity contribution < 1.29 is 0 Å². The van der Waals surface area contributed by atoms with E-state index in [1.54, 1.807) is 9.75 Å². The number of thiophene rings is 1. The SMILES string of the molecule is CCc1ccc(C2CCCC2)s1. The fraction of sp³-hybridized carbons (Fsp3) is 0.636. The first-order valence-electron chi connectivity index (χ1n) is 4.98. The minimum Gasteiger partial charge on any atom is -0.145 e. The van der Waals surface area contributed by atoms with Crippen molar-refractivity contribution in [1.29, 1.82) is 0 Å². The van der Waals surface area contributed by atoms with Crippen molar-refractivity contribution in [2.24, 2.45) is 0 Å². The zero-order valence-electron chi connectivity index (χ0n) is 7.68. The predicted molar refractivity (Wildman–Crippen MR) is 54.9 cm³/mol. The molecule has 1 fully saturated rings. The van der Waals surface area contributed by atoms with Gasteiger partial charge in [-0.1, -0.05) is 19.8 Å². The molecule has 1 aliphatic carbocycles. The second-order valence-corrected chi connectivity index (χ2v) is 4.84. The van der Waals surface area contributed by atoms with E-state index in [-0.39, 0.29) is 0 Å². The van der Waals surface area contributed by atoms with Gasteiger partial charge in [0.15, 0.2) is 0 Å². The first-order valence-corrected chi connectivity index (χ1v) is 5.80. The molecule has 0 saturated heterocycles. The third-order valence-corrected chi connectivity index (χ3v) is 4.18. The lowest BCUT2D eigenvalue weighted by Crippen LogP contribution is -1.85. The van der Waals surface area contributed by atoms with Crippen LogP contribution in [0.2, 0.25) is 0 Å². The molecule has 1 aromatic rings. The molecule has 2 rings (SSSR count). The van der Waals surface area contributed by atoms with Crippen LogP contribution in [-0.2, 0) is 6.42 Å². The number of hydrogen-bond donors (Lipinski definition) is 0. The van der Waals surface area contributed by atoms with Crippen molar-refractivity contribution >= 4 is 11.3 Å². The van der Waals surface area contributed by atoms with E-state index >= 15 is 0 Å². The molecule has 0 aromatic carbocycles. The molecule has 0 amide bonds. The van der Waals surface area contributed by atoms with E-state index in [4.69, 9.17) is 0 Å².